The largest absolute Gasteiger partial charge is 0.496 e. The number of nitrogens with zero attached hydrogens (tertiary/aromatic N) is 3. The summed E-state index contributed by atoms with van der Waals surface area (Å²) in [6, 6.07) is 7.08. The first-order chi connectivity index (χ1) is 9.15. The van der Waals surface area contributed by atoms with Crippen molar-refractivity contribution in [3.8, 4) is 11.8 Å². The van der Waals surface area contributed by atoms with Gasteiger partial charge in [0.05, 0.1) is 25.3 Å². The first kappa shape index (κ1) is 13.1. The Kier molecular flexibility index (Phi) is 3.83. The summed E-state index contributed by atoms with van der Waals surface area (Å²) >= 11 is 5.68. The molecular weight excluding hydrogens is 266 g/mol. The SMILES string of the molecule is COc1ccc(C#N)cc1Cn1ccnc(Cl)c1=O. The highest BCUT2D eigenvalue weighted by Crippen LogP contribution is 2.20. The van der Waals surface area contributed by atoms with Gasteiger partial charge in [-0.25, -0.2) is 4.98 Å². The molecule has 0 atom stereocenters. The minimum atomic E-state index is -0.381. The Morgan fingerprint density at radius 2 is 2.32 bits per heavy atom. The van der Waals surface area contributed by atoms with Crippen molar-refractivity contribution in [2.24, 2.45) is 0 Å². The van der Waals surface area contributed by atoms with Crippen LogP contribution in [0.15, 0.2) is 35.4 Å². The third-order valence-electron chi connectivity index (χ3n) is 2.62. The highest BCUT2D eigenvalue weighted by atomic mass is 35.5. The number of ether oxygens (including phenoxy) is 1. The van der Waals surface area contributed by atoms with E-state index in [4.69, 9.17) is 21.6 Å². The van der Waals surface area contributed by atoms with Gasteiger partial charge in [0.1, 0.15) is 5.75 Å². The molecule has 96 valence electrons. The van der Waals surface area contributed by atoms with Crippen LogP contribution in [0.2, 0.25) is 5.15 Å². The van der Waals surface area contributed by atoms with Crippen LogP contribution in [0.25, 0.3) is 0 Å². The molecule has 0 spiro atoms. The van der Waals surface area contributed by atoms with Gasteiger partial charge < -0.3 is 9.30 Å². The number of methoxy groups -OCH3 is 1. The summed E-state index contributed by atoms with van der Waals surface area (Å²) < 4.78 is 6.62. The zero-order valence-electron chi connectivity index (χ0n) is 10.1. The second kappa shape index (κ2) is 5.55. The predicted molar refractivity (Wildman–Crippen MR) is 70.3 cm³/mol. The van der Waals surface area contributed by atoms with Crippen LogP contribution in [0, 0.1) is 11.3 Å². The van der Waals surface area contributed by atoms with Crippen molar-refractivity contribution in [2.45, 2.75) is 6.54 Å². The average molecular weight is 276 g/mol. The minimum absolute atomic E-state index is 0.0853. The Balaban J connectivity index is 2.45. The van der Waals surface area contributed by atoms with Crippen molar-refractivity contribution in [3.05, 3.63) is 57.2 Å². The lowest BCUT2D eigenvalue weighted by molar-refractivity contribution is 0.408. The van der Waals surface area contributed by atoms with Gasteiger partial charge in [-0.2, -0.15) is 5.26 Å². The highest BCUT2D eigenvalue weighted by Gasteiger charge is 2.08. The Morgan fingerprint density at radius 3 is 3.00 bits per heavy atom. The summed E-state index contributed by atoms with van der Waals surface area (Å²) in [7, 11) is 1.53. The van der Waals surface area contributed by atoms with Gasteiger partial charge >= 0.3 is 0 Å². The quantitative estimate of drug-likeness (QED) is 0.857. The van der Waals surface area contributed by atoms with Crippen molar-refractivity contribution in [3.63, 3.8) is 0 Å². The molecule has 0 unspecified atom stereocenters. The van der Waals surface area contributed by atoms with Crippen LogP contribution in [0.3, 0.4) is 0 Å². The number of hydrogen-bond acceptors (Lipinski definition) is 4. The van der Waals surface area contributed by atoms with E-state index in [0.717, 1.165) is 5.56 Å². The van der Waals surface area contributed by atoms with Gasteiger partial charge in [0.25, 0.3) is 5.56 Å². The van der Waals surface area contributed by atoms with E-state index in [0.29, 0.717) is 11.3 Å². The number of nitriles is 1. The number of hydrogen-bond donors (Lipinski definition) is 0. The lowest BCUT2D eigenvalue weighted by Crippen LogP contribution is -2.21. The van der Waals surface area contributed by atoms with Crippen LogP contribution < -0.4 is 10.3 Å². The molecule has 1 aromatic carbocycles. The zero-order valence-corrected chi connectivity index (χ0v) is 10.9. The van der Waals surface area contributed by atoms with E-state index in [1.165, 1.54) is 24.1 Å². The summed E-state index contributed by atoms with van der Waals surface area (Å²) in [5, 5.41) is 8.81. The topological polar surface area (TPSA) is 67.9 Å². The van der Waals surface area contributed by atoms with E-state index in [1.807, 2.05) is 6.07 Å². The van der Waals surface area contributed by atoms with Gasteiger partial charge in [-0.15, -0.1) is 0 Å². The second-order valence-electron chi connectivity index (χ2n) is 3.79. The molecule has 6 heteroatoms. The maximum atomic E-state index is 11.8. The molecule has 0 amide bonds. The monoisotopic (exact) mass is 275 g/mol. The van der Waals surface area contributed by atoms with Gasteiger partial charge in [0, 0.05) is 18.0 Å². The molecule has 0 aliphatic carbocycles. The average Bonchev–Trinajstić information content (AvgIpc) is 2.43. The van der Waals surface area contributed by atoms with E-state index >= 15 is 0 Å². The van der Waals surface area contributed by atoms with Gasteiger partial charge in [0.15, 0.2) is 5.15 Å². The van der Waals surface area contributed by atoms with E-state index in [9.17, 15) is 4.79 Å². The van der Waals surface area contributed by atoms with E-state index < -0.39 is 0 Å². The Bertz CT molecular complexity index is 704. The fourth-order valence-corrected chi connectivity index (χ4v) is 1.87. The molecule has 0 fully saturated rings. The van der Waals surface area contributed by atoms with Crippen LogP contribution in [-0.4, -0.2) is 16.7 Å². The first-order valence-electron chi connectivity index (χ1n) is 5.43. The van der Waals surface area contributed by atoms with Gasteiger partial charge in [-0.1, -0.05) is 11.6 Å². The van der Waals surface area contributed by atoms with Gasteiger partial charge in [-0.05, 0) is 18.2 Å². The lowest BCUT2D eigenvalue weighted by atomic mass is 10.1. The lowest BCUT2D eigenvalue weighted by Gasteiger charge is -2.10. The summed E-state index contributed by atoms with van der Waals surface area (Å²) in [6.07, 6.45) is 2.98. The van der Waals surface area contributed by atoms with Crippen LogP contribution >= 0.6 is 11.6 Å². The van der Waals surface area contributed by atoms with Crippen LogP contribution in [0.4, 0.5) is 0 Å². The molecule has 5 nitrogen and oxygen atoms in total. The second-order valence-corrected chi connectivity index (χ2v) is 4.15. The zero-order chi connectivity index (χ0) is 13.8. The first-order valence-corrected chi connectivity index (χ1v) is 5.81. The smallest absolute Gasteiger partial charge is 0.288 e. The van der Waals surface area contributed by atoms with Crippen molar-refractivity contribution in [1.82, 2.24) is 9.55 Å². The molecule has 0 bridgehead atoms. The Morgan fingerprint density at radius 1 is 1.53 bits per heavy atom. The third kappa shape index (κ3) is 2.75. The molecule has 19 heavy (non-hydrogen) atoms. The molecule has 0 aliphatic rings. The van der Waals surface area contributed by atoms with Gasteiger partial charge in [0.2, 0.25) is 0 Å². The molecule has 0 saturated heterocycles. The van der Waals surface area contributed by atoms with Crippen molar-refractivity contribution in [1.29, 1.82) is 5.26 Å². The molecule has 0 radical (unpaired) electrons. The van der Waals surface area contributed by atoms with E-state index in [1.54, 1.807) is 18.2 Å². The fraction of sp³-hybridized carbons (Fsp3) is 0.154. The number of halogens is 1. The Labute approximate surface area is 114 Å². The highest BCUT2D eigenvalue weighted by molar-refractivity contribution is 6.29. The number of benzene rings is 1. The van der Waals surface area contributed by atoms with Crippen LogP contribution in [0.1, 0.15) is 11.1 Å². The van der Waals surface area contributed by atoms with E-state index in [2.05, 4.69) is 4.98 Å². The third-order valence-corrected chi connectivity index (χ3v) is 2.88. The predicted octanol–water partition coefficient (Wildman–Crippen LogP) is 1.83. The standard InChI is InChI=1S/C13H10ClN3O2/c1-19-11-3-2-9(7-15)6-10(11)8-17-5-4-16-12(14)13(17)18/h2-6H,8H2,1H3. The molecule has 2 rings (SSSR count). The van der Waals surface area contributed by atoms with Crippen molar-refractivity contribution < 1.29 is 4.74 Å². The summed E-state index contributed by atoms with van der Waals surface area (Å²) in [5.41, 5.74) is 0.850. The van der Waals surface area contributed by atoms with Crippen molar-refractivity contribution in [2.75, 3.05) is 7.11 Å². The molecule has 1 aromatic heterocycles. The maximum absolute atomic E-state index is 11.8. The minimum Gasteiger partial charge on any atom is -0.496 e. The fourth-order valence-electron chi connectivity index (χ4n) is 1.70. The number of rotatable bonds is 3. The summed E-state index contributed by atoms with van der Waals surface area (Å²) in [5.74, 6) is 0.610. The summed E-state index contributed by atoms with van der Waals surface area (Å²) in [4.78, 5) is 15.5. The maximum Gasteiger partial charge on any atom is 0.288 e. The van der Waals surface area contributed by atoms with Crippen LogP contribution in [-0.2, 0) is 6.54 Å². The van der Waals surface area contributed by atoms with Gasteiger partial charge in [-0.3, -0.25) is 4.79 Å². The van der Waals surface area contributed by atoms with E-state index in [-0.39, 0.29) is 17.3 Å². The summed E-state index contributed by atoms with van der Waals surface area (Å²) in [6.45, 7) is 0.264. The molecular formula is C13H10ClN3O2. The molecule has 2 aromatic rings. The molecule has 0 N–H and O–H groups in total. The van der Waals surface area contributed by atoms with Crippen molar-refractivity contribution >= 4 is 11.6 Å². The Hall–Kier alpha value is -2.32. The molecule has 0 saturated carbocycles. The normalized spacial score (nSPS) is 9.95. The molecule has 0 aliphatic heterocycles. The van der Waals surface area contributed by atoms with Crippen LogP contribution in [0.5, 0.6) is 5.75 Å². The molecule has 1 heterocycles. The number of aromatic nitrogens is 2.